The van der Waals surface area contributed by atoms with Crippen molar-refractivity contribution in [3.05, 3.63) is 46.2 Å². The quantitative estimate of drug-likeness (QED) is 0.494. The van der Waals surface area contributed by atoms with Crippen LogP contribution in [0.1, 0.15) is 31.4 Å². The van der Waals surface area contributed by atoms with E-state index in [1.54, 1.807) is 12.1 Å². The summed E-state index contributed by atoms with van der Waals surface area (Å²) in [5.74, 6) is 5.23. The van der Waals surface area contributed by atoms with Crippen LogP contribution in [0.2, 0.25) is 0 Å². The van der Waals surface area contributed by atoms with E-state index >= 15 is 0 Å². The predicted octanol–water partition coefficient (Wildman–Crippen LogP) is 3.45. The number of benzene rings is 1. The molecule has 0 saturated heterocycles. The average molecular weight is 287 g/mol. The van der Waals surface area contributed by atoms with Crippen LogP contribution in [0.15, 0.2) is 34.8 Å². The Balaban J connectivity index is 2.78. The normalized spacial score (nSPS) is 12.5. The maximum absolute atomic E-state index is 13.1. The first kappa shape index (κ1) is 13.4. The van der Waals surface area contributed by atoms with Crippen LogP contribution < -0.4 is 11.3 Å². The number of halogens is 2. The molecular weight excluding hydrogens is 271 g/mol. The van der Waals surface area contributed by atoms with Gasteiger partial charge in [0.2, 0.25) is 0 Å². The van der Waals surface area contributed by atoms with Gasteiger partial charge in [-0.25, -0.2) is 4.39 Å². The number of rotatable bonds is 5. The van der Waals surface area contributed by atoms with Crippen molar-refractivity contribution in [2.45, 2.75) is 25.8 Å². The largest absolute Gasteiger partial charge is 0.271 e. The van der Waals surface area contributed by atoms with Crippen molar-refractivity contribution in [2.75, 3.05) is 0 Å². The minimum Gasteiger partial charge on any atom is -0.271 e. The summed E-state index contributed by atoms with van der Waals surface area (Å²) in [7, 11) is 0. The smallest absolute Gasteiger partial charge is 0.137 e. The molecule has 0 heterocycles. The van der Waals surface area contributed by atoms with Crippen molar-refractivity contribution in [1.82, 2.24) is 5.43 Å². The molecule has 0 aliphatic heterocycles. The van der Waals surface area contributed by atoms with Gasteiger partial charge in [-0.15, -0.1) is 6.58 Å². The number of nitrogens with one attached hydrogen (secondary N) is 1. The van der Waals surface area contributed by atoms with Crippen LogP contribution in [0.3, 0.4) is 0 Å². The summed E-state index contributed by atoms with van der Waals surface area (Å²) in [6.45, 7) is 5.83. The Morgan fingerprint density at radius 1 is 1.62 bits per heavy atom. The van der Waals surface area contributed by atoms with E-state index in [0.29, 0.717) is 4.47 Å². The second kappa shape index (κ2) is 6.13. The minimum atomic E-state index is -0.264. The molecule has 1 rings (SSSR count). The number of nitrogens with two attached hydrogens (primary N) is 1. The summed E-state index contributed by atoms with van der Waals surface area (Å²) < 4.78 is 13.5. The summed E-state index contributed by atoms with van der Waals surface area (Å²) in [4.78, 5) is 0. The van der Waals surface area contributed by atoms with E-state index in [-0.39, 0.29) is 11.9 Å². The average Bonchev–Trinajstić information content (AvgIpc) is 2.23. The molecule has 4 heteroatoms. The zero-order valence-electron chi connectivity index (χ0n) is 9.26. The first-order valence-electron chi connectivity index (χ1n) is 5.10. The Kier molecular flexibility index (Phi) is 5.12. The van der Waals surface area contributed by atoms with E-state index in [4.69, 9.17) is 5.84 Å². The van der Waals surface area contributed by atoms with E-state index in [1.165, 1.54) is 6.07 Å². The van der Waals surface area contributed by atoms with Gasteiger partial charge in [0.05, 0.1) is 4.47 Å². The molecule has 0 fully saturated rings. The second-order valence-corrected chi connectivity index (χ2v) is 4.74. The molecule has 1 unspecified atom stereocenters. The van der Waals surface area contributed by atoms with Crippen LogP contribution in [0.5, 0.6) is 0 Å². The molecule has 1 aromatic rings. The van der Waals surface area contributed by atoms with E-state index < -0.39 is 0 Å². The summed E-state index contributed by atoms with van der Waals surface area (Å²) in [6.07, 6.45) is 1.74. The van der Waals surface area contributed by atoms with Gasteiger partial charge in [-0.05, 0) is 53.4 Å². The second-order valence-electron chi connectivity index (χ2n) is 3.89. The van der Waals surface area contributed by atoms with Crippen LogP contribution in [-0.2, 0) is 0 Å². The predicted molar refractivity (Wildman–Crippen MR) is 68.2 cm³/mol. The monoisotopic (exact) mass is 286 g/mol. The zero-order chi connectivity index (χ0) is 12.1. The Hall–Kier alpha value is -0.710. The third-order valence-corrected chi connectivity index (χ3v) is 3.01. The van der Waals surface area contributed by atoms with Crippen molar-refractivity contribution >= 4 is 15.9 Å². The lowest BCUT2D eigenvalue weighted by molar-refractivity contribution is 0.513. The van der Waals surface area contributed by atoms with E-state index in [0.717, 1.165) is 24.0 Å². The van der Waals surface area contributed by atoms with Crippen LogP contribution in [0.4, 0.5) is 4.39 Å². The highest BCUT2D eigenvalue weighted by molar-refractivity contribution is 9.10. The summed E-state index contributed by atoms with van der Waals surface area (Å²) in [5, 5.41) is 0. The molecule has 0 aliphatic rings. The lowest BCUT2D eigenvalue weighted by Gasteiger charge is -2.16. The number of hydrazine groups is 1. The highest BCUT2D eigenvalue weighted by Crippen LogP contribution is 2.24. The fourth-order valence-electron chi connectivity index (χ4n) is 1.47. The van der Waals surface area contributed by atoms with Gasteiger partial charge < -0.3 is 0 Å². The highest BCUT2D eigenvalue weighted by Gasteiger charge is 2.11. The van der Waals surface area contributed by atoms with Gasteiger partial charge in [0.1, 0.15) is 5.82 Å². The van der Waals surface area contributed by atoms with Crippen molar-refractivity contribution in [2.24, 2.45) is 5.84 Å². The Labute approximate surface area is 104 Å². The summed E-state index contributed by atoms with van der Waals surface area (Å²) in [5.41, 5.74) is 4.82. The lowest BCUT2D eigenvalue weighted by atomic mass is 10.0. The maximum Gasteiger partial charge on any atom is 0.137 e. The third kappa shape index (κ3) is 3.70. The summed E-state index contributed by atoms with van der Waals surface area (Å²) >= 11 is 3.16. The van der Waals surface area contributed by atoms with Gasteiger partial charge in [-0.3, -0.25) is 11.3 Å². The van der Waals surface area contributed by atoms with Crippen LogP contribution in [-0.4, -0.2) is 0 Å². The number of allylic oxidation sites excluding steroid dienone is 1. The van der Waals surface area contributed by atoms with Gasteiger partial charge in [-0.1, -0.05) is 11.6 Å². The molecule has 88 valence electrons. The Morgan fingerprint density at radius 2 is 2.31 bits per heavy atom. The Bertz CT molecular complexity index is 379. The van der Waals surface area contributed by atoms with Crippen LogP contribution >= 0.6 is 15.9 Å². The molecule has 0 radical (unpaired) electrons. The third-order valence-electron chi connectivity index (χ3n) is 2.41. The van der Waals surface area contributed by atoms with Crippen molar-refractivity contribution in [3.8, 4) is 0 Å². The topological polar surface area (TPSA) is 38.0 Å². The SMILES string of the molecule is C=C(C)CCC(NN)c1ccc(F)c(Br)c1. The van der Waals surface area contributed by atoms with Crippen LogP contribution in [0.25, 0.3) is 0 Å². The first-order chi connectivity index (χ1) is 7.54. The molecule has 2 nitrogen and oxygen atoms in total. The fourth-order valence-corrected chi connectivity index (χ4v) is 1.86. The van der Waals surface area contributed by atoms with Gasteiger partial charge in [-0.2, -0.15) is 0 Å². The van der Waals surface area contributed by atoms with Crippen LogP contribution in [0, 0.1) is 5.82 Å². The molecule has 1 aromatic carbocycles. The minimum absolute atomic E-state index is 0.0219. The van der Waals surface area contributed by atoms with E-state index in [2.05, 4.69) is 27.9 Å². The van der Waals surface area contributed by atoms with Gasteiger partial charge >= 0.3 is 0 Å². The van der Waals surface area contributed by atoms with Crippen molar-refractivity contribution in [3.63, 3.8) is 0 Å². The number of hydrogen-bond acceptors (Lipinski definition) is 2. The highest BCUT2D eigenvalue weighted by atomic mass is 79.9. The molecule has 1 atom stereocenters. The van der Waals surface area contributed by atoms with Gasteiger partial charge in [0, 0.05) is 6.04 Å². The molecular formula is C12H16BrFN2. The molecule has 3 N–H and O–H groups in total. The Morgan fingerprint density at radius 3 is 2.81 bits per heavy atom. The van der Waals surface area contributed by atoms with E-state index in [1.807, 2.05) is 6.92 Å². The summed E-state index contributed by atoms with van der Waals surface area (Å²) in [6, 6.07) is 4.94. The molecule has 0 saturated carbocycles. The fraction of sp³-hybridized carbons (Fsp3) is 0.333. The number of hydrogen-bond donors (Lipinski definition) is 2. The maximum atomic E-state index is 13.1. The molecule has 0 aliphatic carbocycles. The first-order valence-corrected chi connectivity index (χ1v) is 5.89. The molecule has 0 bridgehead atoms. The van der Waals surface area contributed by atoms with Gasteiger partial charge in [0.25, 0.3) is 0 Å². The molecule has 0 aromatic heterocycles. The van der Waals surface area contributed by atoms with Crippen molar-refractivity contribution < 1.29 is 4.39 Å². The van der Waals surface area contributed by atoms with E-state index in [9.17, 15) is 4.39 Å². The van der Waals surface area contributed by atoms with Gasteiger partial charge in [0.15, 0.2) is 0 Å². The zero-order valence-corrected chi connectivity index (χ0v) is 10.8. The molecule has 0 amide bonds. The molecule has 16 heavy (non-hydrogen) atoms. The van der Waals surface area contributed by atoms with Crippen molar-refractivity contribution in [1.29, 1.82) is 0 Å². The lowest BCUT2D eigenvalue weighted by Crippen LogP contribution is -2.28. The molecule has 0 spiro atoms. The standard InChI is InChI=1S/C12H16BrFN2/c1-8(2)3-6-12(16-15)9-4-5-11(14)10(13)7-9/h4-5,7,12,16H,1,3,6,15H2,2H3.